The van der Waals surface area contributed by atoms with Crippen LogP contribution in [0, 0.1) is 11.3 Å². The van der Waals surface area contributed by atoms with Gasteiger partial charge in [0.1, 0.15) is 18.7 Å². The van der Waals surface area contributed by atoms with Gasteiger partial charge in [0.2, 0.25) is 0 Å². The van der Waals surface area contributed by atoms with E-state index in [9.17, 15) is 5.26 Å². The Balaban J connectivity index is 1.49. The molecule has 0 radical (unpaired) electrons. The van der Waals surface area contributed by atoms with Crippen LogP contribution in [0.5, 0.6) is 0 Å². The molecule has 5 rings (SSSR count). The van der Waals surface area contributed by atoms with E-state index in [1.807, 2.05) is 22.8 Å². The van der Waals surface area contributed by atoms with Gasteiger partial charge in [0.15, 0.2) is 17.2 Å². The van der Waals surface area contributed by atoms with Crippen molar-refractivity contribution < 1.29 is 4.74 Å². The minimum absolute atomic E-state index is 0.390. The Bertz CT molecular complexity index is 1270. The average Bonchev–Trinajstić information content (AvgIpc) is 3.28. The van der Waals surface area contributed by atoms with Gasteiger partial charge in [-0.1, -0.05) is 6.07 Å². The Morgan fingerprint density at radius 2 is 2.06 bits per heavy atom. The highest BCUT2D eigenvalue weighted by molar-refractivity contribution is 5.74. The first-order chi connectivity index (χ1) is 15.7. The Morgan fingerprint density at radius 1 is 1.22 bits per heavy atom. The van der Waals surface area contributed by atoms with E-state index in [-0.39, 0.29) is 0 Å². The Morgan fingerprint density at radius 3 is 2.81 bits per heavy atom. The lowest BCUT2D eigenvalue weighted by Gasteiger charge is -2.14. The van der Waals surface area contributed by atoms with Crippen LogP contribution in [0.15, 0.2) is 43.1 Å². The highest BCUT2D eigenvalue weighted by Crippen LogP contribution is 2.30. The fourth-order valence-corrected chi connectivity index (χ4v) is 3.63. The summed E-state index contributed by atoms with van der Waals surface area (Å²) in [5.41, 5.74) is 4.94. The Hall–Kier alpha value is -3.97. The molecule has 0 atom stereocenters. The first-order valence-electron chi connectivity index (χ1n) is 10.5. The third-order valence-corrected chi connectivity index (χ3v) is 5.37. The van der Waals surface area contributed by atoms with Gasteiger partial charge in [-0.3, -0.25) is 4.57 Å². The first kappa shape index (κ1) is 20.0. The van der Waals surface area contributed by atoms with Gasteiger partial charge in [-0.05, 0) is 43.4 Å². The lowest BCUT2D eigenvalue weighted by molar-refractivity contribution is 0.195. The van der Waals surface area contributed by atoms with Crippen LogP contribution < -0.4 is 10.6 Å². The van der Waals surface area contributed by atoms with Gasteiger partial charge in [0.25, 0.3) is 0 Å². The molecule has 0 spiro atoms. The van der Waals surface area contributed by atoms with E-state index in [2.05, 4.69) is 43.0 Å². The van der Waals surface area contributed by atoms with E-state index in [0.717, 1.165) is 42.7 Å². The predicted octanol–water partition coefficient (Wildman–Crippen LogP) is 3.08. The maximum absolute atomic E-state index is 9.44. The van der Waals surface area contributed by atoms with Crippen molar-refractivity contribution in [3.63, 3.8) is 0 Å². The summed E-state index contributed by atoms with van der Waals surface area (Å²) in [4.78, 5) is 4.37. The van der Waals surface area contributed by atoms with Crippen molar-refractivity contribution in [1.29, 1.82) is 5.26 Å². The summed E-state index contributed by atoms with van der Waals surface area (Å²) >= 11 is 0. The van der Waals surface area contributed by atoms with Crippen LogP contribution in [0.1, 0.15) is 30.5 Å². The van der Waals surface area contributed by atoms with E-state index >= 15 is 0 Å². The molecule has 1 aliphatic carbocycles. The van der Waals surface area contributed by atoms with Crippen molar-refractivity contribution in [2.24, 2.45) is 0 Å². The van der Waals surface area contributed by atoms with Crippen LogP contribution in [0.25, 0.3) is 11.3 Å². The van der Waals surface area contributed by atoms with Gasteiger partial charge in [-0.15, -0.1) is 15.3 Å². The standard InChI is InChI=1S/C22H23N9O/c1-32-8-2-3-15-4-5-17(9-20(15)30-13-25-26-14-30)28-21-10-19(27-16-6-7-16)22-24-12-18(11-23)31(22)29-21/h4-5,9-10,12-14,16,27H,2-3,6-8H2,1H3,(H,28,29). The summed E-state index contributed by atoms with van der Waals surface area (Å²) in [6.45, 7) is 0.703. The van der Waals surface area contributed by atoms with Crippen LogP contribution in [0.2, 0.25) is 0 Å². The predicted molar refractivity (Wildman–Crippen MR) is 119 cm³/mol. The molecule has 0 bridgehead atoms. The quantitative estimate of drug-likeness (QED) is 0.390. The third-order valence-electron chi connectivity index (χ3n) is 5.37. The topological polar surface area (TPSA) is 118 Å². The van der Waals surface area contributed by atoms with E-state index < -0.39 is 0 Å². The van der Waals surface area contributed by atoms with E-state index in [1.165, 1.54) is 5.56 Å². The van der Waals surface area contributed by atoms with E-state index in [0.29, 0.717) is 29.8 Å². The van der Waals surface area contributed by atoms with Crippen molar-refractivity contribution in [2.75, 3.05) is 24.4 Å². The molecule has 1 fully saturated rings. The largest absolute Gasteiger partial charge is 0.385 e. The number of nitriles is 1. The molecular weight excluding hydrogens is 406 g/mol. The lowest BCUT2D eigenvalue weighted by atomic mass is 10.1. The Labute approximate surface area is 184 Å². The molecule has 1 aromatic carbocycles. The van der Waals surface area contributed by atoms with Crippen molar-refractivity contribution >= 4 is 22.8 Å². The molecular formula is C22H23N9O. The first-order valence-corrected chi connectivity index (χ1v) is 10.5. The number of benzene rings is 1. The van der Waals surface area contributed by atoms with Gasteiger partial charge in [-0.25, -0.2) is 4.98 Å². The number of rotatable bonds is 9. The number of aromatic nitrogens is 6. The van der Waals surface area contributed by atoms with E-state index in [4.69, 9.17) is 4.74 Å². The second-order valence-corrected chi connectivity index (χ2v) is 7.79. The molecule has 2 N–H and O–H groups in total. The number of nitrogens with zero attached hydrogens (tertiary/aromatic N) is 7. The molecule has 10 heteroatoms. The summed E-state index contributed by atoms with van der Waals surface area (Å²) in [6, 6.07) is 10.7. The minimum Gasteiger partial charge on any atom is -0.385 e. The molecule has 1 aliphatic rings. The van der Waals surface area contributed by atoms with Gasteiger partial charge in [0.05, 0.1) is 17.6 Å². The number of nitrogens with one attached hydrogen (secondary N) is 2. The molecule has 0 unspecified atom stereocenters. The van der Waals surface area contributed by atoms with Crippen LogP contribution in [-0.2, 0) is 11.2 Å². The van der Waals surface area contributed by atoms with Gasteiger partial charge < -0.3 is 15.4 Å². The Kier molecular flexibility index (Phi) is 5.39. The second kappa shape index (κ2) is 8.64. The van der Waals surface area contributed by atoms with Crippen molar-refractivity contribution in [1.82, 2.24) is 29.4 Å². The zero-order valence-electron chi connectivity index (χ0n) is 17.7. The van der Waals surface area contributed by atoms with Crippen LogP contribution >= 0.6 is 0 Å². The zero-order chi connectivity index (χ0) is 21.9. The monoisotopic (exact) mass is 429 g/mol. The van der Waals surface area contributed by atoms with Crippen LogP contribution in [-0.4, -0.2) is 49.1 Å². The maximum Gasteiger partial charge on any atom is 0.178 e. The lowest BCUT2D eigenvalue weighted by Crippen LogP contribution is -2.08. The summed E-state index contributed by atoms with van der Waals surface area (Å²) in [7, 11) is 1.71. The number of hydrogen-bond donors (Lipinski definition) is 2. The van der Waals surface area contributed by atoms with Crippen molar-refractivity contribution in [2.45, 2.75) is 31.7 Å². The molecule has 0 saturated heterocycles. The molecule has 162 valence electrons. The average molecular weight is 429 g/mol. The van der Waals surface area contributed by atoms with Crippen LogP contribution in [0.4, 0.5) is 17.2 Å². The van der Waals surface area contributed by atoms with Gasteiger partial charge in [-0.2, -0.15) is 9.78 Å². The number of methoxy groups -OCH3 is 1. The van der Waals surface area contributed by atoms with E-state index in [1.54, 1.807) is 30.5 Å². The molecule has 32 heavy (non-hydrogen) atoms. The number of imidazole rings is 1. The number of hydrogen-bond acceptors (Lipinski definition) is 8. The fraction of sp³-hybridized carbons (Fsp3) is 0.318. The summed E-state index contributed by atoms with van der Waals surface area (Å²) in [6.07, 6.45) is 8.98. The minimum atomic E-state index is 0.390. The maximum atomic E-state index is 9.44. The molecule has 0 aliphatic heterocycles. The second-order valence-electron chi connectivity index (χ2n) is 7.79. The molecule has 0 amide bonds. The zero-order valence-corrected chi connectivity index (χ0v) is 17.7. The smallest absolute Gasteiger partial charge is 0.178 e. The van der Waals surface area contributed by atoms with Crippen LogP contribution in [0.3, 0.4) is 0 Å². The summed E-state index contributed by atoms with van der Waals surface area (Å²) in [5.74, 6) is 0.622. The molecule has 3 aromatic heterocycles. The number of anilines is 3. The number of ether oxygens (including phenoxy) is 1. The normalized spacial score (nSPS) is 13.2. The van der Waals surface area contributed by atoms with Crippen molar-refractivity contribution in [3.8, 4) is 11.8 Å². The summed E-state index contributed by atoms with van der Waals surface area (Å²) < 4.78 is 8.67. The number of fused-ring (bicyclic) bond motifs is 1. The molecule has 10 nitrogen and oxygen atoms in total. The summed E-state index contributed by atoms with van der Waals surface area (Å²) in [5, 5.41) is 28.8. The molecule has 4 aromatic rings. The van der Waals surface area contributed by atoms with Gasteiger partial charge >= 0.3 is 0 Å². The number of aryl methyl sites for hydroxylation is 1. The highest BCUT2D eigenvalue weighted by Gasteiger charge is 2.23. The molecule has 1 saturated carbocycles. The van der Waals surface area contributed by atoms with Crippen molar-refractivity contribution in [3.05, 3.63) is 54.4 Å². The fourth-order valence-electron chi connectivity index (χ4n) is 3.63. The molecule has 3 heterocycles. The highest BCUT2D eigenvalue weighted by atomic mass is 16.5. The SMILES string of the molecule is COCCCc1ccc(Nc2cc(NC3CC3)c3ncc(C#N)n3n2)cc1-n1cnnc1. The third kappa shape index (κ3) is 4.10. The van der Waals surface area contributed by atoms with Gasteiger partial charge in [0, 0.05) is 31.5 Å².